The van der Waals surface area contributed by atoms with Gasteiger partial charge in [-0.05, 0) is 17.7 Å². The molecular weight excluding hydrogens is 402 g/mol. The molecule has 0 aliphatic carbocycles. The van der Waals surface area contributed by atoms with Crippen molar-refractivity contribution in [3.63, 3.8) is 0 Å². The van der Waals surface area contributed by atoms with Crippen molar-refractivity contribution in [2.24, 2.45) is 5.10 Å². The summed E-state index contributed by atoms with van der Waals surface area (Å²) in [6, 6.07) is 7.03. The summed E-state index contributed by atoms with van der Waals surface area (Å²) in [6.45, 7) is -0.462. The van der Waals surface area contributed by atoms with Crippen molar-refractivity contribution in [3.05, 3.63) is 41.2 Å². The minimum atomic E-state index is -1.33. The molecule has 3 aromatic rings. The van der Waals surface area contributed by atoms with Crippen molar-refractivity contribution >= 4 is 40.7 Å². The standard InChI is InChI=1S/C17H18ClN7O4/c18-9-3-1-8(2-4-9)5-22-24-17-23-11-14(19)20-7-21-15(11)25(17)16-13(28)12(27)10(6-26)29-16/h1-5,7,10,12-13,16,26-28H,6H2,(H,23,24)(H2,19,20,21)/b22-5-/t10-,12+,13-,16+/m0/s1. The van der Waals surface area contributed by atoms with Gasteiger partial charge in [-0.3, -0.25) is 4.57 Å². The maximum atomic E-state index is 10.4. The molecule has 4 atom stereocenters. The van der Waals surface area contributed by atoms with Gasteiger partial charge >= 0.3 is 0 Å². The van der Waals surface area contributed by atoms with E-state index in [1.807, 2.05) is 0 Å². The first kappa shape index (κ1) is 19.5. The zero-order chi connectivity index (χ0) is 20.5. The van der Waals surface area contributed by atoms with E-state index in [9.17, 15) is 15.3 Å². The summed E-state index contributed by atoms with van der Waals surface area (Å²) < 4.78 is 7.02. The van der Waals surface area contributed by atoms with Gasteiger partial charge in [-0.1, -0.05) is 23.7 Å². The highest BCUT2D eigenvalue weighted by Crippen LogP contribution is 2.35. The maximum Gasteiger partial charge on any atom is 0.228 e. The molecule has 1 saturated heterocycles. The predicted molar refractivity (Wildman–Crippen MR) is 105 cm³/mol. The number of nitrogen functional groups attached to an aromatic ring is 1. The highest BCUT2D eigenvalue weighted by atomic mass is 35.5. The van der Waals surface area contributed by atoms with E-state index in [0.717, 1.165) is 5.56 Å². The van der Waals surface area contributed by atoms with Crippen LogP contribution in [0.5, 0.6) is 0 Å². The van der Waals surface area contributed by atoms with E-state index in [1.54, 1.807) is 30.5 Å². The number of benzene rings is 1. The molecule has 0 amide bonds. The first-order chi connectivity index (χ1) is 14.0. The second-order valence-corrected chi connectivity index (χ2v) is 6.82. The highest BCUT2D eigenvalue weighted by molar-refractivity contribution is 6.30. The van der Waals surface area contributed by atoms with Gasteiger partial charge in [0.05, 0.1) is 12.8 Å². The molecule has 0 unspecified atom stereocenters. The van der Waals surface area contributed by atoms with Crippen molar-refractivity contribution in [1.29, 1.82) is 0 Å². The van der Waals surface area contributed by atoms with Crippen LogP contribution in [0.25, 0.3) is 11.2 Å². The van der Waals surface area contributed by atoms with Crippen LogP contribution in [0.15, 0.2) is 35.7 Å². The number of hydrogen-bond donors (Lipinski definition) is 5. The number of imidazole rings is 1. The summed E-state index contributed by atoms with van der Waals surface area (Å²) in [7, 11) is 0. The number of hydrogen-bond acceptors (Lipinski definition) is 10. The average molecular weight is 420 g/mol. The van der Waals surface area contributed by atoms with Crippen molar-refractivity contribution in [3.8, 4) is 0 Å². The van der Waals surface area contributed by atoms with Crippen LogP contribution in [-0.4, -0.2) is 66.0 Å². The summed E-state index contributed by atoms with van der Waals surface area (Å²) in [5, 5.41) is 34.6. The van der Waals surface area contributed by atoms with Gasteiger partial charge in [0.2, 0.25) is 5.95 Å². The first-order valence-corrected chi connectivity index (χ1v) is 9.03. The quantitative estimate of drug-likeness (QED) is 0.285. The molecule has 12 heteroatoms. The summed E-state index contributed by atoms with van der Waals surface area (Å²) in [6.07, 6.45) is -1.86. The first-order valence-electron chi connectivity index (χ1n) is 8.65. The van der Waals surface area contributed by atoms with Gasteiger partial charge in [-0.15, -0.1) is 0 Å². The number of fused-ring (bicyclic) bond motifs is 1. The van der Waals surface area contributed by atoms with Crippen molar-refractivity contribution in [2.45, 2.75) is 24.5 Å². The SMILES string of the molecule is Nc1ncnc2c1nc(N/N=C\c1ccc(Cl)cc1)n2[C@@H]1O[C@@H](CO)[C@@H](O)[C@@H]1O. The minimum absolute atomic E-state index is 0.130. The number of nitrogens with zero attached hydrogens (tertiary/aromatic N) is 5. The molecule has 1 aliphatic rings. The third-order valence-electron chi connectivity index (χ3n) is 4.53. The summed E-state index contributed by atoms with van der Waals surface area (Å²) in [4.78, 5) is 12.4. The predicted octanol–water partition coefficient (Wildman–Crippen LogP) is 0.119. The van der Waals surface area contributed by atoms with Crippen LogP contribution in [0.4, 0.5) is 11.8 Å². The Bertz CT molecular complexity index is 1040. The fraction of sp³-hybridized carbons (Fsp3) is 0.294. The zero-order valence-electron chi connectivity index (χ0n) is 14.9. The molecule has 6 N–H and O–H groups in total. The van der Waals surface area contributed by atoms with Gasteiger partial charge in [0, 0.05) is 5.02 Å². The Labute approximate surface area is 169 Å². The van der Waals surface area contributed by atoms with Gasteiger partial charge in [-0.2, -0.15) is 5.10 Å². The van der Waals surface area contributed by atoms with Crippen molar-refractivity contribution in [1.82, 2.24) is 19.5 Å². The van der Waals surface area contributed by atoms with Crippen LogP contribution in [-0.2, 0) is 4.74 Å². The lowest BCUT2D eigenvalue weighted by molar-refractivity contribution is -0.0501. The Morgan fingerprint density at radius 2 is 2.00 bits per heavy atom. The van der Waals surface area contributed by atoms with Crippen molar-refractivity contribution < 1.29 is 20.1 Å². The number of rotatable bonds is 5. The highest BCUT2D eigenvalue weighted by Gasteiger charge is 2.45. The fourth-order valence-corrected chi connectivity index (χ4v) is 3.18. The van der Waals surface area contributed by atoms with Gasteiger partial charge < -0.3 is 25.8 Å². The third kappa shape index (κ3) is 3.61. The Balaban J connectivity index is 1.71. The molecule has 2 aromatic heterocycles. The van der Waals surface area contributed by atoms with Gasteiger partial charge in [0.1, 0.15) is 24.6 Å². The van der Waals surface area contributed by atoms with Gasteiger partial charge in [0.25, 0.3) is 0 Å². The third-order valence-corrected chi connectivity index (χ3v) is 4.78. The van der Waals surface area contributed by atoms with Crippen LogP contribution >= 0.6 is 11.6 Å². The lowest BCUT2D eigenvalue weighted by atomic mass is 10.1. The number of halogens is 1. The number of aromatic nitrogens is 4. The summed E-state index contributed by atoms with van der Waals surface area (Å²) in [5.41, 5.74) is 9.99. The molecule has 1 aliphatic heterocycles. The van der Waals surface area contributed by atoms with Crippen LogP contribution in [0.2, 0.25) is 5.02 Å². The molecule has 4 rings (SSSR count). The van der Waals surface area contributed by atoms with Gasteiger partial charge in [-0.25, -0.2) is 20.4 Å². The lowest BCUT2D eigenvalue weighted by Crippen LogP contribution is -2.33. The molecule has 29 heavy (non-hydrogen) atoms. The zero-order valence-corrected chi connectivity index (χ0v) is 15.7. The largest absolute Gasteiger partial charge is 0.394 e. The molecule has 0 saturated carbocycles. The normalized spacial score (nSPS) is 24.6. The smallest absolute Gasteiger partial charge is 0.228 e. The molecule has 1 fully saturated rings. The Hall–Kier alpha value is -2.83. The molecule has 152 valence electrons. The molecule has 0 radical (unpaired) electrons. The number of aliphatic hydroxyl groups excluding tert-OH is 3. The van der Waals surface area contributed by atoms with Crippen molar-refractivity contribution in [2.75, 3.05) is 17.8 Å². The van der Waals surface area contributed by atoms with E-state index in [-0.39, 0.29) is 22.9 Å². The van der Waals surface area contributed by atoms with E-state index >= 15 is 0 Å². The van der Waals surface area contributed by atoms with Crippen LogP contribution in [0.1, 0.15) is 11.8 Å². The number of nitrogens with two attached hydrogens (primary N) is 1. The average Bonchev–Trinajstić information content (AvgIpc) is 3.22. The number of hydrazone groups is 1. The van der Waals surface area contributed by atoms with E-state index in [1.165, 1.54) is 10.9 Å². The Kier molecular flexibility index (Phi) is 5.30. The number of ether oxygens (including phenoxy) is 1. The number of nitrogens with one attached hydrogen (secondary N) is 1. The molecular formula is C17H18ClN7O4. The molecule has 11 nitrogen and oxygen atoms in total. The fourth-order valence-electron chi connectivity index (χ4n) is 3.05. The summed E-state index contributed by atoms with van der Waals surface area (Å²) in [5.74, 6) is 0.289. The second-order valence-electron chi connectivity index (χ2n) is 6.39. The van der Waals surface area contributed by atoms with Gasteiger partial charge in [0.15, 0.2) is 23.2 Å². The molecule has 0 bridgehead atoms. The monoisotopic (exact) mass is 419 g/mol. The maximum absolute atomic E-state index is 10.4. The molecule has 1 aromatic carbocycles. The number of aliphatic hydroxyl groups is 3. The van der Waals surface area contributed by atoms with Crippen LogP contribution < -0.4 is 11.2 Å². The minimum Gasteiger partial charge on any atom is -0.394 e. The lowest BCUT2D eigenvalue weighted by Gasteiger charge is -2.18. The van der Waals surface area contributed by atoms with E-state index < -0.39 is 31.1 Å². The van der Waals surface area contributed by atoms with E-state index in [0.29, 0.717) is 5.02 Å². The van der Waals surface area contributed by atoms with E-state index in [4.69, 9.17) is 22.1 Å². The Morgan fingerprint density at radius 3 is 2.69 bits per heavy atom. The Morgan fingerprint density at radius 1 is 1.24 bits per heavy atom. The molecule has 0 spiro atoms. The topological polar surface area (TPSA) is 164 Å². The van der Waals surface area contributed by atoms with Crippen LogP contribution in [0.3, 0.4) is 0 Å². The number of anilines is 2. The second kappa shape index (κ2) is 7.89. The summed E-state index contributed by atoms with van der Waals surface area (Å²) >= 11 is 5.87. The van der Waals surface area contributed by atoms with Crippen LogP contribution in [0, 0.1) is 0 Å². The molecule has 3 heterocycles. The van der Waals surface area contributed by atoms with E-state index in [2.05, 4.69) is 25.5 Å².